The molecule has 96 valence electrons. The second-order valence-corrected chi connectivity index (χ2v) is 4.32. The summed E-state index contributed by atoms with van der Waals surface area (Å²) < 4.78 is 4.90. The minimum atomic E-state index is -0.512. The van der Waals surface area contributed by atoms with E-state index in [9.17, 15) is 5.11 Å². The van der Waals surface area contributed by atoms with E-state index in [1.165, 1.54) is 0 Å². The lowest BCUT2D eigenvalue weighted by atomic mass is 10.1. The largest absolute Gasteiger partial charge is 0.389 e. The number of pyridine rings is 1. The molecular formula is C14H18N2O2. The number of aliphatic hydroxyl groups excluding tert-OH is 1. The normalized spacial score (nSPS) is 12.6. The molecule has 0 aliphatic carbocycles. The molecule has 0 bridgehead atoms. The summed E-state index contributed by atoms with van der Waals surface area (Å²) in [5.41, 5.74) is 2.91. The lowest BCUT2D eigenvalue weighted by Gasteiger charge is -2.14. The van der Waals surface area contributed by atoms with Crippen LogP contribution in [-0.4, -0.2) is 36.5 Å². The van der Waals surface area contributed by atoms with Crippen LogP contribution in [0.1, 0.15) is 5.69 Å². The molecule has 0 amide bonds. The molecule has 0 radical (unpaired) electrons. The Hall–Kier alpha value is -1.65. The summed E-state index contributed by atoms with van der Waals surface area (Å²) in [6.45, 7) is 2.75. The molecule has 2 N–H and O–H groups in total. The fourth-order valence-corrected chi connectivity index (χ4v) is 1.93. The van der Waals surface area contributed by atoms with Gasteiger partial charge in [-0.15, -0.1) is 0 Å². The zero-order valence-corrected chi connectivity index (χ0v) is 10.7. The van der Waals surface area contributed by atoms with Crippen LogP contribution in [0, 0.1) is 6.92 Å². The number of hydrogen-bond donors (Lipinski definition) is 2. The van der Waals surface area contributed by atoms with E-state index < -0.39 is 6.10 Å². The van der Waals surface area contributed by atoms with Crippen LogP contribution in [0.4, 0.5) is 5.69 Å². The van der Waals surface area contributed by atoms with Crippen molar-refractivity contribution in [3.63, 3.8) is 0 Å². The van der Waals surface area contributed by atoms with Crippen molar-refractivity contribution in [3.8, 4) is 0 Å². The average molecular weight is 246 g/mol. The maximum atomic E-state index is 9.65. The van der Waals surface area contributed by atoms with Crippen molar-refractivity contribution in [2.45, 2.75) is 13.0 Å². The standard InChI is InChI=1S/C14H18N2O2/c1-10-7-14(15-8-11(17)9-18-2)12-5-3-4-6-13(12)16-10/h3-7,11,17H,8-9H2,1-2H3,(H,15,16)/t11-/m0/s1. The molecule has 0 saturated heterocycles. The quantitative estimate of drug-likeness (QED) is 0.846. The number of hydrogen-bond acceptors (Lipinski definition) is 4. The number of ether oxygens (including phenoxy) is 1. The van der Waals surface area contributed by atoms with E-state index in [1.54, 1.807) is 7.11 Å². The third-order valence-electron chi connectivity index (χ3n) is 2.73. The predicted molar refractivity (Wildman–Crippen MR) is 72.9 cm³/mol. The number of fused-ring (bicyclic) bond motifs is 1. The van der Waals surface area contributed by atoms with E-state index in [2.05, 4.69) is 10.3 Å². The molecule has 1 atom stereocenters. The van der Waals surface area contributed by atoms with Crippen LogP contribution in [0.15, 0.2) is 30.3 Å². The number of methoxy groups -OCH3 is 1. The second kappa shape index (κ2) is 5.80. The first-order valence-corrected chi connectivity index (χ1v) is 5.98. The molecule has 0 aliphatic heterocycles. The van der Waals surface area contributed by atoms with Gasteiger partial charge in [-0.25, -0.2) is 0 Å². The Labute approximate surface area is 107 Å². The number of anilines is 1. The molecule has 4 nitrogen and oxygen atoms in total. The van der Waals surface area contributed by atoms with Crippen molar-refractivity contribution in [1.82, 2.24) is 4.98 Å². The van der Waals surface area contributed by atoms with Crippen molar-refractivity contribution in [3.05, 3.63) is 36.0 Å². The van der Waals surface area contributed by atoms with Crippen LogP contribution >= 0.6 is 0 Å². The third kappa shape index (κ3) is 2.97. The number of nitrogens with zero attached hydrogens (tertiary/aromatic N) is 1. The van der Waals surface area contributed by atoms with Crippen LogP contribution in [0.3, 0.4) is 0 Å². The average Bonchev–Trinajstić information content (AvgIpc) is 2.36. The molecule has 0 fully saturated rings. The number of aryl methyl sites for hydroxylation is 1. The summed E-state index contributed by atoms with van der Waals surface area (Å²) in [6, 6.07) is 9.95. The monoisotopic (exact) mass is 246 g/mol. The zero-order valence-electron chi connectivity index (χ0n) is 10.7. The number of nitrogens with one attached hydrogen (secondary N) is 1. The molecule has 1 heterocycles. The number of para-hydroxylation sites is 1. The number of aromatic nitrogens is 1. The van der Waals surface area contributed by atoms with E-state index >= 15 is 0 Å². The Kier molecular flexibility index (Phi) is 4.12. The number of benzene rings is 1. The van der Waals surface area contributed by atoms with Crippen LogP contribution in [-0.2, 0) is 4.74 Å². The van der Waals surface area contributed by atoms with E-state index in [4.69, 9.17) is 4.74 Å². The Balaban J connectivity index is 2.21. The van der Waals surface area contributed by atoms with Crippen LogP contribution in [0.25, 0.3) is 10.9 Å². The Morgan fingerprint density at radius 1 is 1.39 bits per heavy atom. The van der Waals surface area contributed by atoms with Crippen LogP contribution in [0.2, 0.25) is 0 Å². The summed E-state index contributed by atoms with van der Waals surface area (Å²) in [4.78, 5) is 4.47. The highest BCUT2D eigenvalue weighted by Crippen LogP contribution is 2.22. The summed E-state index contributed by atoms with van der Waals surface area (Å²) in [7, 11) is 1.58. The Morgan fingerprint density at radius 2 is 2.17 bits per heavy atom. The molecule has 18 heavy (non-hydrogen) atoms. The summed E-state index contributed by atoms with van der Waals surface area (Å²) >= 11 is 0. The van der Waals surface area contributed by atoms with Crippen molar-refractivity contribution < 1.29 is 9.84 Å². The molecule has 1 aromatic heterocycles. The van der Waals surface area contributed by atoms with Gasteiger partial charge in [0.2, 0.25) is 0 Å². The third-order valence-corrected chi connectivity index (χ3v) is 2.73. The van der Waals surface area contributed by atoms with Crippen molar-refractivity contribution in [1.29, 1.82) is 0 Å². The number of aliphatic hydroxyl groups is 1. The fraction of sp³-hybridized carbons (Fsp3) is 0.357. The Bertz CT molecular complexity index is 528. The summed E-state index contributed by atoms with van der Waals surface area (Å²) in [5.74, 6) is 0. The first kappa shape index (κ1) is 12.8. The van der Waals surface area contributed by atoms with Gasteiger partial charge in [0.15, 0.2) is 0 Å². The molecule has 0 unspecified atom stereocenters. The van der Waals surface area contributed by atoms with Gasteiger partial charge in [0.1, 0.15) is 0 Å². The highest BCUT2D eigenvalue weighted by Gasteiger charge is 2.06. The molecule has 4 heteroatoms. The maximum absolute atomic E-state index is 9.65. The van der Waals surface area contributed by atoms with E-state index in [-0.39, 0.29) is 0 Å². The van der Waals surface area contributed by atoms with Gasteiger partial charge in [-0.3, -0.25) is 4.98 Å². The molecule has 0 spiro atoms. The topological polar surface area (TPSA) is 54.4 Å². The lowest BCUT2D eigenvalue weighted by molar-refractivity contribution is 0.0728. The van der Waals surface area contributed by atoms with Gasteiger partial charge < -0.3 is 15.2 Å². The minimum absolute atomic E-state index is 0.328. The summed E-state index contributed by atoms with van der Waals surface area (Å²) in [6.07, 6.45) is -0.512. The van der Waals surface area contributed by atoms with Gasteiger partial charge in [-0.05, 0) is 19.1 Å². The first-order valence-electron chi connectivity index (χ1n) is 5.98. The highest BCUT2D eigenvalue weighted by molar-refractivity contribution is 5.91. The minimum Gasteiger partial charge on any atom is -0.389 e. The molecule has 2 aromatic rings. The lowest BCUT2D eigenvalue weighted by Crippen LogP contribution is -2.24. The smallest absolute Gasteiger partial charge is 0.0945 e. The predicted octanol–water partition coefficient (Wildman–Crippen LogP) is 1.96. The van der Waals surface area contributed by atoms with Gasteiger partial charge >= 0.3 is 0 Å². The van der Waals surface area contributed by atoms with Gasteiger partial charge in [0, 0.05) is 30.4 Å². The van der Waals surface area contributed by atoms with Crippen molar-refractivity contribution in [2.24, 2.45) is 0 Å². The molecule has 0 aliphatic rings. The van der Waals surface area contributed by atoms with Crippen LogP contribution in [0.5, 0.6) is 0 Å². The molecular weight excluding hydrogens is 228 g/mol. The Morgan fingerprint density at radius 3 is 2.94 bits per heavy atom. The van der Waals surface area contributed by atoms with Crippen LogP contribution < -0.4 is 5.32 Å². The highest BCUT2D eigenvalue weighted by atomic mass is 16.5. The molecule has 1 aromatic carbocycles. The van der Waals surface area contributed by atoms with E-state index in [1.807, 2.05) is 37.3 Å². The van der Waals surface area contributed by atoms with Crippen molar-refractivity contribution in [2.75, 3.05) is 25.6 Å². The second-order valence-electron chi connectivity index (χ2n) is 4.32. The first-order chi connectivity index (χ1) is 8.70. The summed E-state index contributed by atoms with van der Waals surface area (Å²) in [5, 5.41) is 14.0. The van der Waals surface area contributed by atoms with Crippen molar-refractivity contribution >= 4 is 16.6 Å². The van der Waals surface area contributed by atoms with Gasteiger partial charge in [-0.1, -0.05) is 18.2 Å². The van der Waals surface area contributed by atoms with E-state index in [0.717, 1.165) is 22.3 Å². The fourth-order valence-electron chi connectivity index (χ4n) is 1.93. The zero-order chi connectivity index (χ0) is 13.0. The van der Waals surface area contributed by atoms with Gasteiger partial charge in [0.25, 0.3) is 0 Å². The number of rotatable bonds is 5. The molecule has 0 saturated carbocycles. The SMILES string of the molecule is COC[C@@H](O)CNc1cc(C)nc2ccccc12. The van der Waals surface area contributed by atoms with Gasteiger partial charge in [0.05, 0.1) is 18.2 Å². The molecule has 2 rings (SSSR count). The van der Waals surface area contributed by atoms with Gasteiger partial charge in [-0.2, -0.15) is 0 Å². The maximum Gasteiger partial charge on any atom is 0.0945 e. The van der Waals surface area contributed by atoms with E-state index in [0.29, 0.717) is 13.2 Å².